The first kappa shape index (κ1) is 14.8. The first-order valence-corrected chi connectivity index (χ1v) is 8.54. The lowest BCUT2D eigenvalue weighted by Gasteiger charge is -2.04. The second-order valence-electron chi connectivity index (χ2n) is 2.94. The zero-order chi connectivity index (χ0) is 13.1. The summed E-state index contributed by atoms with van der Waals surface area (Å²) in [5, 5.41) is 8.67. The highest BCUT2D eigenvalue weighted by Crippen LogP contribution is 2.29. The monoisotopic (exact) mass is 357 g/mol. The first-order chi connectivity index (χ1) is 7.85. The summed E-state index contributed by atoms with van der Waals surface area (Å²) < 4.78 is 35.1. The molecule has 0 unspecified atom stereocenters. The van der Waals surface area contributed by atoms with Crippen molar-refractivity contribution in [3.63, 3.8) is 0 Å². The van der Waals surface area contributed by atoms with E-state index < -0.39 is 14.9 Å². The lowest BCUT2D eigenvalue weighted by atomic mass is 10.2. The van der Waals surface area contributed by atoms with Crippen molar-refractivity contribution in [3.8, 4) is 6.07 Å². The molecule has 8 heteroatoms. The SMILES string of the molecule is N#Cc1ccc(SCCS(=O)(=O)Cl)c(F)c1Br. The Hall–Kier alpha value is -0.290. The van der Waals surface area contributed by atoms with Gasteiger partial charge >= 0.3 is 0 Å². The van der Waals surface area contributed by atoms with Crippen molar-refractivity contribution in [3.05, 3.63) is 28.0 Å². The summed E-state index contributed by atoms with van der Waals surface area (Å²) in [5.74, 6) is -0.654. The molecule has 0 radical (unpaired) electrons. The highest BCUT2D eigenvalue weighted by molar-refractivity contribution is 9.10. The molecule has 0 fully saturated rings. The van der Waals surface area contributed by atoms with Crippen molar-refractivity contribution in [2.75, 3.05) is 11.5 Å². The average molecular weight is 359 g/mol. The molecule has 1 aromatic carbocycles. The van der Waals surface area contributed by atoms with E-state index in [0.29, 0.717) is 0 Å². The average Bonchev–Trinajstić information content (AvgIpc) is 2.23. The maximum atomic E-state index is 13.7. The van der Waals surface area contributed by atoms with Crippen molar-refractivity contribution in [2.45, 2.75) is 4.90 Å². The number of hydrogen-bond donors (Lipinski definition) is 0. The number of nitrogens with zero attached hydrogens (tertiary/aromatic N) is 1. The summed E-state index contributed by atoms with van der Waals surface area (Å²) in [6, 6.07) is 4.73. The van der Waals surface area contributed by atoms with Gasteiger partial charge in [-0.05, 0) is 28.1 Å². The molecule has 0 saturated carbocycles. The quantitative estimate of drug-likeness (QED) is 0.613. The van der Waals surface area contributed by atoms with Gasteiger partial charge in [-0.15, -0.1) is 11.8 Å². The van der Waals surface area contributed by atoms with Crippen molar-refractivity contribution in [1.29, 1.82) is 5.26 Å². The van der Waals surface area contributed by atoms with Gasteiger partial charge in [0.2, 0.25) is 9.05 Å². The van der Waals surface area contributed by atoms with Crippen molar-refractivity contribution in [2.24, 2.45) is 0 Å². The molecule has 0 aliphatic carbocycles. The summed E-state index contributed by atoms with van der Waals surface area (Å²) in [4.78, 5) is 0.274. The van der Waals surface area contributed by atoms with Crippen LogP contribution in [-0.4, -0.2) is 19.9 Å². The minimum atomic E-state index is -3.57. The number of rotatable bonds is 4. The fraction of sp³-hybridized carbons (Fsp3) is 0.222. The van der Waals surface area contributed by atoms with Gasteiger partial charge in [0.25, 0.3) is 0 Å². The van der Waals surface area contributed by atoms with Gasteiger partial charge in [-0.1, -0.05) is 0 Å². The van der Waals surface area contributed by atoms with Crippen molar-refractivity contribution >= 4 is 47.4 Å². The fourth-order valence-corrected chi connectivity index (χ4v) is 3.86. The summed E-state index contributed by atoms with van der Waals surface area (Å²) in [6.45, 7) is 0. The van der Waals surface area contributed by atoms with E-state index in [9.17, 15) is 12.8 Å². The van der Waals surface area contributed by atoms with Gasteiger partial charge in [-0.25, -0.2) is 12.8 Å². The Morgan fingerprint density at radius 3 is 2.71 bits per heavy atom. The van der Waals surface area contributed by atoms with Crippen LogP contribution in [0.3, 0.4) is 0 Å². The van der Waals surface area contributed by atoms with Gasteiger partial charge in [-0.2, -0.15) is 5.26 Å². The van der Waals surface area contributed by atoms with Crippen molar-refractivity contribution in [1.82, 2.24) is 0 Å². The number of hydrogen-bond acceptors (Lipinski definition) is 4. The van der Waals surface area contributed by atoms with E-state index in [1.807, 2.05) is 6.07 Å². The number of halogens is 3. The second-order valence-corrected chi connectivity index (χ2v) is 7.77. The summed E-state index contributed by atoms with van der Waals surface area (Å²) in [5.41, 5.74) is 0.191. The van der Waals surface area contributed by atoms with E-state index >= 15 is 0 Å². The number of benzene rings is 1. The van der Waals surface area contributed by atoms with Gasteiger partial charge in [0, 0.05) is 21.3 Å². The van der Waals surface area contributed by atoms with Crippen LogP contribution in [0.15, 0.2) is 21.5 Å². The fourth-order valence-electron chi connectivity index (χ4n) is 0.981. The molecule has 0 aromatic heterocycles. The minimum Gasteiger partial charge on any atom is -0.212 e. The first-order valence-electron chi connectivity index (χ1n) is 4.28. The summed E-state index contributed by atoms with van der Waals surface area (Å²) >= 11 is 4.00. The molecule has 0 aliphatic heterocycles. The van der Waals surface area contributed by atoms with Crippen LogP contribution < -0.4 is 0 Å². The highest BCUT2D eigenvalue weighted by atomic mass is 79.9. The lowest BCUT2D eigenvalue weighted by molar-refractivity contribution is 0.594. The molecule has 17 heavy (non-hydrogen) atoms. The molecule has 0 spiro atoms. The van der Waals surface area contributed by atoms with Crippen LogP contribution in [0.25, 0.3) is 0 Å². The Morgan fingerprint density at radius 2 is 2.18 bits per heavy atom. The molecule has 92 valence electrons. The van der Waals surface area contributed by atoms with E-state index in [4.69, 9.17) is 15.9 Å². The topological polar surface area (TPSA) is 57.9 Å². The Balaban J connectivity index is 2.81. The predicted molar refractivity (Wildman–Crippen MR) is 69.2 cm³/mol. The third-order valence-corrected chi connectivity index (χ3v) is 4.97. The lowest BCUT2D eigenvalue weighted by Crippen LogP contribution is -2.00. The minimum absolute atomic E-state index is 0.0822. The van der Waals surface area contributed by atoms with Gasteiger partial charge in [0.1, 0.15) is 6.07 Å². The molecule has 0 aliphatic rings. The maximum absolute atomic E-state index is 13.7. The van der Waals surface area contributed by atoms with Crippen molar-refractivity contribution < 1.29 is 12.8 Å². The van der Waals surface area contributed by atoms with Crippen LogP contribution in [0, 0.1) is 17.1 Å². The zero-order valence-electron chi connectivity index (χ0n) is 8.28. The standard InChI is InChI=1S/C9H6BrClFNO2S2/c10-8-6(5-13)1-2-7(9(8)12)16-3-4-17(11,14)15/h1-2H,3-4H2. The zero-order valence-corrected chi connectivity index (χ0v) is 12.3. The molecule has 0 bridgehead atoms. The Bertz CT molecular complexity index is 571. The van der Waals surface area contributed by atoms with E-state index in [1.165, 1.54) is 12.1 Å². The van der Waals surface area contributed by atoms with Crippen LogP contribution in [0.5, 0.6) is 0 Å². The summed E-state index contributed by atoms with van der Waals surface area (Å²) in [6.07, 6.45) is 0. The smallest absolute Gasteiger partial charge is 0.212 e. The van der Waals surface area contributed by atoms with Gasteiger partial charge in [0.15, 0.2) is 5.82 Å². The normalized spacial score (nSPS) is 11.2. The van der Waals surface area contributed by atoms with E-state index in [-0.39, 0.29) is 26.4 Å². The number of thioether (sulfide) groups is 1. The Labute approximate surface area is 116 Å². The molecule has 3 nitrogen and oxygen atoms in total. The highest BCUT2D eigenvalue weighted by Gasteiger charge is 2.12. The van der Waals surface area contributed by atoms with E-state index in [2.05, 4.69) is 15.9 Å². The van der Waals surface area contributed by atoms with Gasteiger partial charge in [-0.3, -0.25) is 0 Å². The van der Waals surface area contributed by atoms with Crippen LogP contribution in [-0.2, 0) is 9.05 Å². The van der Waals surface area contributed by atoms with E-state index in [1.54, 1.807) is 0 Å². The van der Waals surface area contributed by atoms with Crippen LogP contribution in [0.2, 0.25) is 0 Å². The molecule has 0 N–H and O–H groups in total. The largest absolute Gasteiger partial charge is 0.233 e. The maximum Gasteiger partial charge on any atom is 0.233 e. The molecule has 0 heterocycles. The van der Waals surface area contributed by atoms with Crippen LogP contribution in [0.4, 0.5) is 4.39 Å². The number of nitriles is 1. The third-order valence-electron chi connectivity index (χ3n) is 1.75. The second kappa shape index (κ2) is 6.05. The Morgan fingerprint density at radius 1 is 1.53 bits per heavy atom. The Kier molecular flexibility index (Phi) is 5.25. The van der Waals surface area contributed by atoms with E-state index in [0.717, 1.165) is 11.8 Å². The van der Waals surface area contributed by atoms with Crippen LogP contribution in [0.1, 0.15) is 5.56 Å². The molecular formula is C9H6BrClFNO2S2. The molecule has 1 aromatic rings. The molecule has 0 saturated heterocycles. The molecule has 0 atom stereocenters. The van der Waals surface area contributed by atoms with Gasteiger partial charge in [0.05, 0.1) is 15.8 Å². The predicted octanol–water partition coefficient (Wildman–Crippen LogP) is 3.12. The molecule has 1 rings (SSSR count). The summed E-state index contributed by atoms with van der Waals surface area (Å²) in [7, 11) is 1.47. The third kappa shape index (κ3) is 4.47. The molecular weight excluding hydrogens is 353 g/mol. The van der Waals surface area contributed by atoms with Crippen LogP contribution >= 0.6 is 38.4 Å². The molecule has 0 amide bonds. The van der Waals surface area contributed by atoms with Gasteiger partial charge < -0.3 is 0 Å².